The molecule has 0 spiro atoms. The number of aliphatic hydroxyl groups is 1. The van der Waals surface area contributed by atoms with Gasteiger partial charge in [-0.2, -0.15) is 0 Å². The number of carbonyl (C=O) groups excluding carboxylic acids is 2. The molecule has 0 aromatic heterocycles. The quantitative estimate of drug-likeness (QED) is 0.651. The molecule has 7 nitrogen and oxygen atoms in total. The first-order chi connectivity index (χ1) is 9.73. The predicted molar refractivity (Wildman–Crippen MR) is 85.0 cm³/mol. The highest BCUT2D eigenvalue weighted by molar-refractivity contribution is 5.76. The lowest BCUT2D eigenvalue weighted by Crippen LogP contribution is -2.39. The summed E-state index contributed by atoms with van der Waals surface area (Å²) in [4.78, 5) is 21.9. The van der Waals surface area contributed by atoms with Crippen molar-refractivity contribution in [3.05, 3.63) is 0 Å². The van der Waals surface area contributed by atoms with Crippen LogP contribution in [0.2, 0.25) is 0 Å². The van der Waals surface area contributed by atoms with E-state index < -0.39 is 29.3 Å². The normalized spacial score (nSPS) is 14.3. The first-order valence-electron chi connectivity index (χ1n) is 7.31. The molecule has 0 fully saturated rings. The van der Waals surface area contributed by atoms with Gasteiger partial charge in [0, 0.05) is 0 Å². The summed E-state index contributed by atoms with van der Waals surface area (Å²) in [6, 6.07) is -1.40. The van der Waals surface area contributed by atoms with Crippen LogP contribution in [0.25, 0.3) is 0 Å². The molecular formula is C15H32N2O5. The van der Waals surface area contributed by atoms with Crippen LogP contribution in [-0.2, 0) is 19.1 Å². The van der Waals surface area contributed by atoms with Gasteiger partial charge in [-0.05, 0) is 48.0 Å². The fourth-order valence-electron chi connectivity index (χ4n) is 0.996. The van der Waals surface area contributed by atoms with E-state index >= 15 is 0 Å². The summed E-state index contributed by atoms with van der Waals surface area (Å²) in [7, 11) is 0. The fourth-order valence-corrected chi connectivity index (χ4v) is 0.996. The monoisotopic (exact) mass is 320 g/mol. The SMILES string of the molecule is CC(C)(C)OC(=O)[C@@H](N)CO.CC[C@@H](N)C(=O)OC(C)(C)C. The molecule has 0 saturated carbocycles. The Morgan fingerprint density at radius 2 is 1.23 bits per heavy atom. The molecule has 0 bridgehead atoms. The van der Waals surface area contributed by atoms with E-state index in [9.17, 15) is 9.59 Å². The molecule has 0 unspecified atom stereocenters. The molecule has 5 N–H and O–H groups in total. The van der Waals surface area contributed by atoms with Gasteiger partial charge in [-0.3, -0.25) is 9.59 Å². The van der Waals surface area contributed by atoms with E-state index in [0.29, 0.717) is 6.42 Å². The number of hydrogen-bond acceptors (Lipinski definition) is 7. The Hall–Kier alpha value is -1.18. The zero-order valence-electron chi connectivity index (χ0n) is 14.8. The van der Waals surface area contributed by atoms with Crippen LogP contribution < -0.4 is 11.5 Å². The second-order valence-corrected chi connectivity index (χ2v) is 6.87. The van der Waals surface area contributed by atoms with Crippen LogP contribution >= 0.6 is 0 Å². The Morgan fingerprint density at radius 3 is 1.45 bits per heavy atom. The lowest BCUT2D eigenvalue weighted by molar-refractivity contribution is -0.158. The van der Waals surface area contributed by atoms with Crippen molar-refractivity contribution in [2.45, 2.75) is 78.2 Å². The van der Waals surface area contributed by atoms with Gasteiger partial charge >= 0.3 is 11.9 Å². The molecule has 0 aromatic rings. The third-order valence-electron chi connectivity index (χ3n) is 2.06. The van der Waals surface area contributed by atoms with Crippen molar-refractivity contribution < 1.29 is 24.2 Å². The molecule has 0 amide bonds. The minimum absolute atomic E-state index is 0.319. The van der Waals surface area contributed by atoms with Gasteiger partial charge in [-0.1, -0.05) is 6.92 Å². The van der Waals surface area contributed by atoms with E-state index in [1.165, 1.54) is 0 Å². The van der Waals surface area contributed by atoms with Gasteiger partial charge in [0.05, 0.1) is 6.61 Å². The van der Waals surface area contributed by atoms with Gasteiger partial charge in [0.1, 0.15) is 23.3 Å². The Labute approximate surface area is 133 Å². The van der Waals surface area contributed by atoms with Gasteiger partial charge in [0.2, 0.25) is 0 Å². The van der Waals surface area contributed by atoms with Crippen molar-refractivity contribution in [2.24, 2.45) is 11.5 Å². The Kier molecular flexibility index (Phi) is 10.2. The number of rotatable bonds is 4. The molecule has 132 valence electrons. The lowest BCUT2D eigenvalue weighted by Gasteiger charge is -2.21. The molecule has 0 saturated heterocycles. The first-order valence-corrected chi connectivity index (χ1v) is 7.31. The molecule has 22 heavy (non-hydrogen) atoms. The number of ether oxygens (including phenoxy) is 2. The van der Waals surface area contributed by atoms with Crippen molar-refractivity contribution >= 4 is 11.9 Å². The number of nitrogens with two attached hydrogens (primary N) is 2. The number of aliphatic hydroxyl groups excluding tert-OH is 1. The standard InChI is InChI=1S/C8H17NO2.C7H15NO3/c1-5-6(9)7(10)11-8(2,3)4;1-7(2,3)11-6(10)5(8)4-9/h6H,5,9H2,1-4H3;5,9H,4,8H2,1-3H3/t6-;5-/m10/s1. The van der Waals surface area contributed by atoms with E-state index in [2.05, 4.69) is 0 Å². The highest BCUT2D eigenvalue weighted by Crippen LogP contribution is 2.08. The zero-order chi connectivity index (χ0) is 18.1. The van der Waals surface area contributed by atoms with E-state index in [1.54, 1.807) is 20.8 Å². The molecule has 0 aliphatic carbocycles. The second kappa shape index (κ2) is 9.76. The Bertz CT molecular complexity index is 311. The smallest absolute Gasteiger partial charge is 0.325 e. The van der Waals surface area contributed by atoms with E-state index in [1.807, 2.05) is 27.7 Å². The maximum absolute atomic E-state index is 11.0. The highest BCUT2D eigenvalue weighted by Gasteiger charge is 2.21. The average molecular weight is 320 g/mol. The molecule has 0 aromatic carbocycles. The molecule has 0 rings (SSSR count). The highest BCUT2D eigenvalue weighted by atomic mass is 16.6. The average Bonchev–Trinajstić information content (AvgIpc) is 2.33. The number of esters is 2. The zero-order valence-corrected chi connectivity index (χ0v) is 14.8. The summed E-state index contributed by atoms with van der Waals surface area (Å²) in [5.74, 6) is -0.889. The van der Waals surface area contributed by atoms with Crippen LogP contribution in [0.5, 0.6) is 0 Å². The van der Waals surface area contributed by atoms with Crippen LogP contribution in [0.1, 0.15) is 54.9 Å². The minimum atomic E-state index is -0.922. The van der Waals surface area contributed by atoms with Crippen molar-refractivity contribution in [1.82, 2.24) is 0 Å². The summed E-state index contributed by atoms with van der Waals surface area (Å²) >= 11 is 0. The first kappa shape index (κ1) is 23.1. The molecule has 0 aliphatic rings. The van der Waals surface area contributed by atoms with Crippen LogP contribution in [0.4, 0.5) is 0 Å². The van der Waals surface area contributed by atoms with E-state index in [0.717, 1.165) is 0 Å². The van der Waals surface area contributed by atoms with Crippen LogP contribution in [0.3, 0.4) is 0 Å². The van der Waals surface area contributed by atoms with Crippen LogP contribution in [-0.4, -0.2) is 46.9 Å². The van der Waals surface area contributed by atoms with Gasteiger partial charge in [0.25, 0.3) is 0 Å². The molecule has 2 atom stereocenters. The van der Waals surface area contributed by atoms with Crippen LogP contribution in [0, 0.1) is 0 Å². The number of carbonyl (C=O) groups is 2. The van der Waals surface area contributed by atoms with Gasteiger partial charge in [-0.25, -0.2) is 0 Å². The molecule has 0 aliphatic heterocycles. The number of hydrogen-bond donors (Lipinski definition) is 3. The van der Waals surface area contributed by atoms with E-state index in [-0.39, 0.29) is 12.6 Å². The summed E-state index contributed by atoms with van der Waals surface area (Å²) in [5.41, 5.74) is 9.68. The summed E-state index contributed by atoms with van der Waals surface area (Å²) < 4.78 is 9.89. The van der Waals surface area contributed by atoms with Crippen molar-refractivity contribution in [3.8, 4) is 0 Å². The van der Waals surface area contributed by atoms with Crippen molar-refractivity contribution in [1.29, 1.82) is 0 Å². The largest absolute Gasteiger partial charge is 0.459 e. The molecule has 0 heterocycles. The maximum Gasteiger partial charge on any atom is 0.325 e. The Balaban J connectivity index is 0. The summed E-state index contributed by atoms with van der Waals surface area (Å²) in [6.45, 7) is 12.2. The Morgan fingerprint density at radius 1 is 0.909 bits per heavy atom. The minimum Gasteiger partial charge on any atom is -0.459 e. The molecule has 0 radical (unpaired) electrons. The molecule has 7 heteroatoms. The third-order valence-corrected chi connectivity index (χ3v) is 2.06. The third kappa shape index (κ3) is 13.8. The summed E-state index contributed by atoms with van der Waals surface area (Å²) in [5, 5.41) is 8.48. The van der Waals surface area contributed by atoms with Gasteiger partial charge in [-0.15, -0.1) is 0 Å². The predicted octanol–water partition coefficient (Wildman–Crippen LogP) is 0.713. The fraction of sp³-hybridized carbons (Fsp3) is 0.867. The van der Waals surface area contributed by atoms with E-state index in [4.69, 9.17) is 26.0 Å². The summed E-state index contributed by atoms with van der Waals surface area (Å²) in [6.07, 6.45) is 0.620. The van der Waals surface area contributed by atoms with Gasteiger partial charge < -0.3 is 26.0 Å². The topological polar surface area (TPSA) is 125 Å². The maximum atomic E-state index is 11.0. The van der Waals surface area contributed by atoms with Crippen molar-refractivity contribution in [3.63, 3.8) is 0 Å². The molecular weight excluding hydrogens is 288 g/mol. The van der Waals surface area contributed by atoms with Crippen LogP contribution in [0.15, 0.2) is 0 Å². The lowest BCUT2D eigenvalue weighted by atomic mass is 10.2. The van der Waals surface area contributed by atoms with Crippen molar-refractivity contribution in [2.75, 3.05) is 6.61 Å². The van der Waals surface area contributed by atoms with Gasteiger partial charge in [0.15, 0.2) is 0 Å². The second-order valence-electron chi connectivity index (χ2n) is 6.87.